The van der Waals surface area contributed by atoms with Gasteiger partial charge in [0, 0.05) is 24.7 Å². The Bertz CT molecular complexity index is 561. The normalized spacial score (nSPS) is 18.0. The molecule has 0 saturated carbocycles. The molecule has 1 saturated heterocycles. The zero-order valence-corrected chi connectivity index (χ0v) is 16.1. The zero-order chi connectivity index (χ0) is 18.5. The Morgan fingerprint density at radius 1 is 1.28 bits per heavy atom. The lowest BCUT2D eigenvalue weighted by Crippen LogP contribution is -2.43. The van der Waals surface area contributed by atoms with Crippen LogP contribution in [-0.4, -0.2) is 47.9 Å². The number of likely N-dealkylation sites (tertiary alicyclic amines) is 1. The standard InChI is InChI=1S/C19H29ClN2O3/c1-18(2,3)25-17(23)21-11-4-12-22-13-9-19(24,10-14-22)15-5-7-16(20)8-6-15/h5-8,24H,4,9-14H2,1-3H3,(H,21,23). The van der Waals surface area contributed by atoms with Gasteiger partial charge in [-0.2, -0.15) is 0 Å². The SMILES string of the molecule is CC(C)(C)OC(=O)NCCCN1CCC(O)(c2ccc(Cl)cc2)CC1. The van der Waals surface area contributed by atoms with Gasteiger partial charge in [0.05, 0.1) is 5.60 Å². The Hall–Kier alpha value is -1.30. The molecule has 1 aliphatic rings. The maximum atomic E-state index is 11.6. The summed E-state index contributed by atoms with van der Waals surface area (Å²) in [6.07, 6.45) is 1.89. The Labute approximate surface area is 155 Å². The summed E-state index contributed by atoms with van der Waals surface area (Å²) in [6.45, 7) is 8.71. The molecule has 5 nitrogen and oxygen atoms in total. The van der Waals surface area contributed by atoms with E-state index in [1.165, 1.54) is 0 Å². The summed E-state index contributed by atoms with van der Waals surface area (Å²) in [5, 5.41) is 14.3. The molecular weight excluding hydrogens is 340 g/mol. The fourth-order valence-corrected chi connectivity index (χ4v) is 3.13. The molecule has 1 fully saturated rings. The number of hydrogen-bond acceptors (Lipinski definition) is 4. The van der Waals surface area contributed by atoms with Crippen LogP contribution in [0.25, 0.3) is 0 Å². The third-order valence-corrected chi connectivity index (χ3v) is 4.64. The molecule has 140 valence electrons. The van der Waals surface area contributed by atoms with Crippen molar-refractivity contribution in [3.8, 4) is 0 Å². The van der Waals surface area contributed by atoms with E-state index < -0.39 is 11.2 Å². The summed E-state index contributed by atoms with van der Waals surface area (Å²) in [5.41, 5.74) is -0.304. The minimum absolute atomic E-state index is 0.372. The van der Waals surface area contributed by atoms with Crippen LogP contribution >= 0.6 is 11.6 Å². The van der Waals surface area contributed by atoms with Crippen LogP contribution in [0.15, 0.2) is 24.3 Å². The predicted molar refractivity (Wildman–Crippen MR) is 99.9 cm³/mol. The van der Waals surface area contributed by atoms with Crippen molar-refractivity contribution in [3.63, 3.8) is 0 Å². The molecule has 1 heterocycles. The van der Waals surface area contributed by atoms with E-state index in [1.54, 1.807) is 0 Å². The molecule has 0 spiro atoms. The maximum Gasteiger partial charge on any atom is 0.407 e. The molecule has 2 N–H and O–H groups in total. The van der Waals surface area contributed by atoms with Crippen molar-refractivity contribution in [2.45, 2.75) is 51.2 Å². The van der Waals surface area contributed by atoms with Crippen LogP contribution in [0.3, 0.4) is 0 Å². The fourth-order valence-electron chi connectivity index (χ4n) is 3.00. The molecule has 0 aromatic heterocycles. The highest BCUT2D eigenvalue weighted by molar-refractivity contribution is 6.30. The second kappa shape index (κ2) is 8.39. The number of amides is 1. The average Bonchev–Trinajstić information content (AvgIpc) is 2.52. The second-order valence-electron chi connectivity index (χ2n) is 7.66. The van der Waals surface area contributed by atoms with Crippen LogP contribution in [0, 0.1) is 0 Å². The van der Waals surface area contributed by atoms with Gasteiger partial charge in [-0.3, -0.25) is 0 Å². The van der Waals surface area contributed by atoms with Crippen LogP contribution in [0.5, 0.6) is 0 Å². The predicted octanol–water partition coefficient (Wildman–Crippen LogP) is 3.54. The number of carbonyl (C=O) groups excluding carboxylic acids is 1. The van der Waals surface area contributed by atoms with Gasteiger partial charge in [-0.25, -0.2) is 4.79 Å². The molecule has 0 atom stereocenters. The lowest BCUT2D eigenvalue weighted by Gasteiger charge is -2.38. The number of piperidine rings is 1. The monoisotopic (exact) mass is 368 g/mol. The highest BCUT2D eigenvalue weighted by Crippen LogP contribution is 2.33. The molecule has 0 aliphatic carbocycles. The van der Waals surface area contributed by atoms with Gasteiger partial charge in [-0.05, 0) is 64.3 Å². The number of aliphatic hydroxyl groups is 1. The van der Waals surface area contributed by atoms with Gasteiger partial charge in [0.15, 0.2) is 0 Å². The van der Waals surface area contributed by atoms with Crippen LogP contribution < -0.4 is 5.32 Å². The lowest BCUT2D eigenvalue weighted by atomic mass is 9.84. The smallest absolute Gasteiger partial charge is 0.407 e. The average molecular weight is 369 g/mol. The molecule has 0 bridgehead atoms. The van der Waals surface area contributed by atoms with E-state index in [0.717, 1.165) is 31.6 Å². The fraction of sp³-hybridized carbons (Fsp3) is 0.632. The largest absolute Gasteiger partial charge is 0.444 e. The quantitative estimate of drug-likeness (QED) is 0.780. The lowest BCUT2D eigenvalue weighted by molar-refractivity contribution is -0.0259. The van der Waals surface area contributed by atoms with Gasteiger partial charge >= 0.3 is 6.09 Å². The first kappa shape index (κ1) is 20.0. The molecular formula is C19H29ClN2O3. The van der Waals surface area contributed by atoms with Gasteiger partial charge in [-0.15, -0.1) is 0 Å². The Balaban J connectivity index is 1.68. The van der Waals surface area contributed by atoms with Gasteiger partial charge in [0.1, 0.15) is 5.60 Å². The first-order valence-electron chi connectivity index (χ1n) is 8.86. The highest BCUT2D eigenvalue weighted by atomic mass is 35.5. The van der Waals surface area contributed by atoms with Crippen molar-refractivity contribution >= 4 is 17.7 Å². The first-order valence-corrected chi connectivity index (χ1v) is 9.23. The molecule has 0 unspecified atom stereocenters. The van der Waals surface area contributed by atoms with Crippen molar-refractivity contribution in [1.29, 1.82) is 0 Å². The Morgan fingerprint density at radius 2 is 1.88 bits per heavy atom. The Kier molecular flexibility index (Phi) is 6.72. The number of benzene rings is 1. The van der Waals surface area contributed by atoms with Gasteiger partial charge in [0.25, 0.3) is 0 Å². The van der Waals surface area contributed by atoms with E-state index in [-0.39, 0.29) is 6.09 Å². The number of hydrogen-bond donors (Lipinski definition) is 2. The van der Waals surface area contributed by atoms with E-state index in [0.29, 0.717) is 24.4 Å². The van der Waals surface area contributed by atoms with Crippen molar-refractivity contribution in [2.75, 3.05) is 26.2 Å². The van der Waals surface area contributed by atoms with Crippen molar-refractivity contribution < 1.29 is 14.6 Å². The maximum absolute atomic E-state index is 11.6. The number of nitrogens with one attached hydrogen (secondary N) is 1. The van der Waals surface area contributed by atoms with Crippen LogP contribution in [0.4, 0.5) is 4.79 Å². The number of rotatable bonds is 5. The molecule has 1 aliphatic heterocycles. The van der Waals surface area contributed by atoms with Gasteiger partial charge in [0.2, 0.25) is 0 Å². The van der Waals surface area contributed by atoms with Gasteiger partial charge < -0.3 is 20.1 Å². The van der Waals surface area contributed by atoms with Crippen LogP contribution in [0.1, 0.15) is 45.6 Å². The summed E-state index contributed by atoms with van der Waals surface area (Å²) in [7, 11) is 0. The molecule has 25 heavy (non-hydrogen) atoms. The van der Waals surface area contributed by atoms with E-state index >= 15 is 0 Å². The number of nitrogens with zero attached hydrogens (tertiary/aromatic N) is 1. The Morgan fingerprint density at radius 3 is 2.44 bits per heavy atom. The molecule has 0 radical (unpaired) electrons. The van der Waals surface area contributed by atoms with Crippen LogP contribution in [0.2, 0.25) is 5.02 Å². The highest BCUT2D eigenvalue weighted by Gasteiger charge is 2.33. The van der Waals surface area contributed by atoms with Crippen LogP contribution in [-0.2, 0) is 10.3 Å². The minimum Gasteiger partial charge on any atom is -0.444 e. The van der Waals surface area contributed by atoms with E-state index in [1.807, 2.05) is 45.0 Å². The van der Waals surface area contributed by atoms with E-state index in [2.05, 4.69) is 10.2 Å². The van der Waals surface area contributed by atoms with Crippen molar-refractivity contribution in [1.82, 2.24) is 10.2 Å². The summed E-state index contributed by atoms with van der Waals surface area (Å²) in [4.78, 5) is 13.9. The number of halogens is 1. The molecule has 1 amide bonds. The molecule has 1 aromatic rings. The summed E-state index contributed by atoms with van der Waals surface area (Å²) < 4.78 is 5.21. The molecule has 1 aromatic carbocycles. The van der Waals surface area contributed by atoms with Crippen molar-refractivity contribution in [3.05, 3.63) is 34.9 Å². The van der Waals surface area contributed by atoms with E-state index in [4.69, 9.17) is 16.3 Å². The summed E-state index contributed by atoms with van der Waals surface area (Å²) in [6, 6.07) is 7.46. The summed E-state index contributed by atoms with van der Waals surface area (Å²) in [5.74, 6) is 0. The third-order valence-electron chi connectivity index (χ3n) is 4.38. The molecule has 6 heteroatoms. The second-order valence-corrected chi connectivity index (χ2v) is 8.10. The third kappa shape index (κ3) is 6.49. The van der Waals surface area contributed by atoms with Crippen molar-refractivity contribution in [2.24, 2.45) is 0 Å². The topological polar surface area (TPSA) is 61.8 Å². The van der Waals surface area contributed by atoms with E-state index in [9.17, 15) is 9.90 Å². The van der Waals surface area contributed by atoms with Gasteiger partial charge in [-0.1, -0.05) is 23.7 Å². The molecule has 2 rings (SSSR count). The number of carbonyl (C=O) groups is 1. The number of alkyl carbamates (subject to hydrolysis) is 1. The number of ether oxygens (including phenoxy) is 1. The first-order chi connectivity index (χ1) is 11.7. The zero-order valence-electron chi connectivity index (χ0n) is 15.3. The summed E-state index contributed by atoms with van der Waals surface area (Å²) >= 11 is 5.92. The minimum atomic E-state index is -0.768.